The lowest BCUT2D eigenvalue weighted by atomic mass is 10.1. The first-order chi connectivity index (χ1) is 10.2. The molecule has 0 atom stereocenters. The quantitative estimate of drug-likeness (QED) is 0.763. The minimum atomic E-state index is -3.10. The third-order valence-corrected chi connectivity index (χ3v) is 3.48. The van der Waals surface area contributed by atoms with Crippen LogP contribution in [0.15, 0.2) is 24.3 Å². The number of carbonyl (C=O) groups excluding carboxylic acids is 2. The average molecular weight is 327 g/mol. The first-order valence-corrected chi connectivity index (χ1v) is 8.98. The molecule has 0 heterocycles. The molecule has 0 aromatic heterocycles. The molecular weight excluding hydrogens is 306 g/mol. The van der Waals surface area contributed by atoms with E-state index >= 15 is 0 Å². The summed E-state index contributed by atoms with van der Waals surface area (Å²) in [6.07, 6.45) is 1.09. The molecule has 1 aromatic carbocycles. The molecule has 0 spiro atoms. The van der Waals surface area contributed by atoms with Gasteiger partial charge in [0.25, 0.3) is 5.91 Å². The normalized spacial score (nSPS) is 11.3. The van der Waals surface area contributed by atoms with E-state index in [2.05, 4.69) is 5.32 Å². The van der Waals surface area contributed by atoms with E-state index in [0.29, 0.717) is 11.1 Å². The second kappa shape index (κ2) is 7.93. The first kappa shape index (κ1) is 18.2. The Morgan fingerprint density at radius 2 is 1.77 bits per heavy atom. The fourth-order valence-electron chi connectivity index (χ4n) is 1.76. The standard InChI is InChI=1S/C15H21NO5S/c1-11(2)21-14(17)8-9-16-15(18)13-6-4-12(5-7-13)10-22(3,19)20/h4-7,11H,8-10H2,1-3H3,(H,16,18). The molecule has 0 saturated heterocycles. The van der Waals surface area contributed by atoms with Gasteiger partial charge in [-0.1, -0.05) is 12.1 Å². The van der Waals surface area contributed by atoms with Gasteiger partial charge in [-0.25, -0.2) is 8.42 Å². The molecule has 0 radical (unpaired) electrons. The van der Waals surface area contributed by atoms with Crippen LogP contribution in [-0.2, 0) is 25.1 Å². The fourth-order valence-corrected chi connectivity index (χ4v) is 2.56. The van der Waals surface area contributed by atoms with Gasteiger partial charge in [0.1, 0.15) is 0 Å². The number of hydrogen-bond acceptors (Lipinski definition) is 5. The molecule has 0 saturated carbocycles. The topological polar surface area (TPSA) is 89.5 Å². The lowest BCUT2D eigenvalue weighted by Gasteiger charge is -2.08. The van der Waals surface area contributed by atoms with Gasteiger partial charge in [0, 0.05) is 18.4 Å². The van der Waals surface area contributed by atoms with E-state index in [-0.39, 0.29) is 36.7 Å². The number of esters is 1. The van der Waals surface area contributed by atoms with Crippen LogP contribution in [0.25, 0.3) is 0 Å². The van der Waals surface area contributed by atoms with E-state index in [1.807, 2.05) is 0 Å². The van der Waals surface area contributed by atoms with Crippen molar-refractivity contribution < 1.29 is 22.7 Å². The van der Waals surface area contributed by atoms with Crippen LogP contribution >= 0.6 is 0 Å². The lowest BCUT2D eigenvalue weighted by molar-refractivity contribution is -0.147. The van der Waals surface area contributed by atoms with Crippen molar-refractivity contribution in [2.24, 2.45) is 0 Å². The zero-order valence-electron chi connectivity index (χ0n) is 13.0. The highest BCUT2D eigenvalue weighted by molar-refractivity contribution is 7.89. The van der Waals surface area contributed by atoms with E-state index in [4.69, 9.17) is 4.74 Å². The Labute approximate surface area is 130 Å². The zero-order chi connectivity index (χ0) is 16.8. The van der Waals surface area contributed by atoms with Gasteiger partial charge in [-0.3, -0.25) is 9.59 Å². The number of benzene rings is 1. The van der Waals surface area contributed by atoms with Crippen molar-refractivity contribution in [1.29, 1.82) is 0 Å². The number of ether oxygens (including phenoxy) is 1. The molecular formula is C15H21NO5S. The van der Waals surface area contributed by atoms with Crippen LogP contribution in [-0.4, -0.2) is 39.2 Å². The Bertz CT molecular complexity index is 620. The van der Waals surface area contributed by atoms with Crippen molar-refractivity contribution in [2.75, 3.05) is 12.8 Å². The molecule has 122 valence electrons. The summed E-state index contributed by atoms with van der Waals surface area (Å²) < 4.78 is 27.3. The van der Waals surface area contributed by atoms with Gasteiger partial charge in [0.05, 0.1) is 18.3 Å². The Kier molecular flexibility index (Phi) is 6.55. The van der Waals surface area contributed by atoms with Crippen LogP contribution in [0.3, 0.4) is 0 Å². The van der Waals surface area contributed by atoms with E-state index in [1.54, 1.807) is 38.1 Å². The smallest absolute Gasteiger partial charge is 0.307 e. The molecule has 1 aromatic rings. The first-order valence-electron chi connectivity index (χ1n) is 6.92. The number of hydrogen-bond donors (Lipinski definition) is 1. The fraction of sp³-hybridized carbons (Fsp3) is 0.467. The summed E-state index contributed by atoms with van der Waals surface area (Å²) in [5, 5.41) is 2.61. The molecule has 0 fully saturated rings. The van der Waals surface area contributed by atoms with E-state index in [1.165, 1.54) is 0 Å². The predicted molar refractivity (Wildman–Crippen MR) is 83.2 cm³/mol. The number of carbonyl (C=O) groups is 2. The summed E-state index contributed by atoms with van der Waals surface area (Å²) in [5.74, 6) is -0.738. The third kappa shape index (κ3) is 7.21. The van der Waals surface area contributed by atoms with E-state index in [0.717, 1.165) is 6.26 Å². The molecule has 1 rings (SSSR count). The minimum absolute atomic E-state index is 0.0596. The van der Waals surface area contributed by atoms with Crippen LogP contribution in [0.5, 0.6) is 0 Å². The van der Waals surface area contributed by atoms with Crippen molar-refractivity contribution in [3.63, 3.8) is 0 Å². The predicted octanol–water partition coefficient (Wildman–Crippen LogP) is 1.30. The largest absolute Gasteiger partial charge is 0.463 e. The van der Waals surface area contributed by atoms with Gasteiger partial charge in [0.15, 0.2) is 9.84 Å². The van der Waals surface area contributed by atoms with Crippen LogP contribution in [0.1, 0.15) is 36.2 Å². The zero-order valence-corrected chi connectivity index (χ0v) is 13.8. The highest BCUT2D eigenvalue weighted by atomic mass is 32.2. The van der Waals surface area contributed by atoms with E-state index < -0.39 is 9.84 Å². The molecule has 0 aliphatic rings. The van der Waals surface area contributed by atoms with Gasteiger partial charge in [-0.15, -0.1) is 0 Å². The SMILES string of the molecule is CC(C)OC(=O)CCNC(=O)c1ccc(CS(C)(=O)=O)cc1. The van der Waals surface area contributed by atoms with Crippen LogP contribution < -0.4 is 5.32 Å². The number of amides is 1. The molecule has 7 heteroatoms. The van der Waals surface area contributed by atoms with Crippen LogP contribution in [0, 0.1) is 0 Å². The second-order valence-electron chi connectivity index (χ2n) is 5.31. The molecule has 1 N–H and O–H groups in total. The summed E-state index contributed by atoms with van der Waals surface area (Å²) >= 11 is 0. The Balaban J connectivity index is 2.48. The molecule has 1 amide bonds. The number of sulfone groups is 1. The Hall–Kier alpha value is -1.89. The van der Waals surface area contributed by atoms with Crippen molar-refractivity contribution in [3.8, 4) is 0 Å². The molecule has 0 aliphatic heterocycles. The summed E-state index contributed by atoms with van der Waals surface area (Å²) in [6, 6.07) is 6.32. The Morgan fingerprint density at radius 1 is 1.18 bits per heavy atom. The molecule has 0 unspecified atom stereocenters. The van der Waals surface area contributed by atoms with Gasteiger partial charge in [-0.05, 0) is 31.5 Å². The van der Waals surface area contributed by atoms with Crippen LogP contribution in [0.4, 0.5) is 0 Å². The van der Waals surface area contributed by atoms with Crippen molar-refractivity contribution in [1.82, 2.24) is 5.32 Å². The maximum Gasteiger partial charge on any atom is 0.307 e. The van der Waals surface area contributed by atoms with E-state index in [9.17, 15) is 18.0 Å². The van der Waals surface area contributed by atoms with Crippen LogP contribution in [0.2, 0.25) is 0 Å². The highest BCUT2D eigenvalue weighted by Crippen LogP contribution is 2.08. The lowest BCUT2D eigenvalue weighted by Crippen LogP contribution is -2.27. The number of rotatable bonds is 7. The highest BCUT2D eigenvalue weighted by Gasteiger charge is 2.09. The molecule has 0 aliphatic carbocycles. The average Bonchev–Trinajstić information content (AvgIpc) is 2.36. The number of nitrogens with one attached hydrogen (secondary N) is 1. The molecule has 6 nitrogen and oxygen atoms in total. The summed E-state index contributed by atoms with van der Waals surface area (Å²) in [6.45, 7) is 3.71. The monoisotopic (exact) mass is 327 g/mol. The van der Waals surface area contributed by atoms with Gasteiger partial charge in [0.2, 0.25) is 0 Å². The van der Waals surface area contributed by atoms with Crippen molar-refractivity contribution >= 4 is 21.7 Å². The van der Waals surface area contributed by atoms with Gasteiger partial charge in [-0.2, -0.15) is 0 Å². The summed E-state index contributed by atoms with van der Waals surface area (Å²) in [7, 11) is -3.10. The third-order valence-electron chi connectivity index (χ3n) is 2.63. The van der Waals surface area contributed by atoms with Gasteiger partial charge >= 0.3 is 5.97 Å². The van der Waals surface area contributed by atoms with Gasteiger partial charge < -0.3 is 10.1 Å². The second-order valence-corrected chi connectivity index (χ2v) is 7.45. The maximum atomic E-state index is 11.9. The maximum absolute atomic E-state index is 11.9. The molecule has 0 bridgehead atoms. The summed E-state index contributed by atoms with van der Waals surface area (Å²) in [4.78, 5) is 23.2. The molecule has 22 heavy (non-hydrogen) atoms. The minimum Gasteiger partial charge on any atom is -0.463 e. The van der Waals surface area contributed by atoms with Crippen molar-refractivity contribution in [3.05, 3.63) is 35.4 Å². The Morgan fingerprint density at radius 3 is 2.27 bits per heavy atom. The van der Waals surface area contributed by atoms with Crippen molar-refractivity contribution in [2.45, 2.75) is 32.1 Å². The summed E-state index contributed by atoms with van der Waals surface area (Å²) in [5.41, 5.74) is 1.04.